The van der Waals surface area contributed by atoms with Gasteiger partial charge in [-0.3, -0.25) is 4.79 Å². The lowest BCUT2D eigenvalue weighted by Gasteiger charge is -2.18. The van der Waals surface area contributed by atoms with Gasteiger partial charge >= 0.3 is 0 Å². The van der Waals surface area contributed by atoms with Gasteiger partial charge in [0.2, 0.25) is 5.91 Å². The van der Waals surface area contributed by atoms with E-state index >= 15 is 0 Å². The van der Waals surface area contributed by atoms with Gasteiger partial charge in [-0.25, -0.2) is 4.39 Å². The lowest BCUT2D eigenvalue weighted by atomic mass is 9.95. The molecule has 0 radical (unpaired) electrons. The number of rotatable bonds is 4. The highest BCUT2D eigenvalue weighted by molar-refractivity contribution is 5.92. The molecule has 1 aromatic rings. The number of hydrogen-bond donors (Lipinski definition) is 2. The molecule has 1 unspecified atom stereocenters. The maximum atomic E-state index is 13.1. The van der Waals surface area contributed by atoms with Gasteiger partial charge in [-0.05, 0) is 36.6 Å². The molecule has 1 rings (SSSR count). The predicted molar refractivity (Wildman–Crippen MR) is 67.1 cm³/mol. The van der Waals surface area contributed by atoms with Gasteiger partial charge in [0, 0.05) is 12.2 Å². The summed E-state index contributed by atoms with van der Waals surface area (Å²) in [5, 5.41) is 2.76. The molecular weight excluding hydrogens is 219 g/mol. The van der Waals surface area contributed by atoms with Crippen LogP contribution in [0.1, 0.15) is 19.4 Å². The van der Waals surface area contributed by atoms with E-state index in [4.69, 9.17) is 5.73 Å². The summed E-state index contributed by atoms with van der Waals surface area (Å²) in [7, 11) is 0. The van der Waals surface area contributed by atoms with Crippen LogP contribution in [-0.4, -0.2) is 12.5 Å². The van der Waals surface area contributed by atoms with E-state index in [1.54, 1.807) is 19.1 Å². The zero-order valence-electron chi connectivity index (χ0n) is 10.5. The fraction of sp³-hybridized carbons (Fsp3) is 0.462. The van der Waals surface area contributed by atoms with Crippen molar-refractivity contribution in [2.75, 3.05) is 11.9 Å². The minimum atomic E-state index is -0.276. The van der Waals surface area contributed by atoms with Crippen LogP contribution >= 0.6 is 0 Å². The molecular formula is C13H19FN2O. The van der Waals surface area contributed by atoms with Gasteiger partial charge < -0.3 is 11.1 Å². The van der Waals surface area contributed by atoms with Crippen molar-refractivity contribution in [3.05, 3.63) is 29.6 Å². The first-order chi connectivity index (χ1) is 7.95. The lowest BCUT2D eigenvalue weighted by molar-refractivity contribution is -0.120. The first kappa shape index (κ1) is 13.6. The molecule has 0 saturated carbocycles. The topological polar surface area (TPSA) is 55.1 Å². The van der Waals surface area contributed by atoms with Gasteiger partial charge in [-0.2, -0.15) is 0 Å². The van der Waals surface area contributed by atoms with Crippen LogP contribution in [0, 0.1) is 24.6 Å². The van der Waals surface area contributed by atoms with Gasteiger partial charge in [0.1, 0.15) is 5.82 Å². The second kappa shape index (κ2) is 5.77. The number of halogens is 1. The Labute approximate surface area is 101 Å². The van der Waals surface area contributed by atoms with E-state index in [1.165, 1.54) is 6.07 Å². The van der Waals surface area contributed by atoms with E-state index in [0.717, 1.165) is 0 Å². The molecule has 0 bridgehead atoms. The number of carbonyl (C=O) groups excluding carboxylic acids is 1. The first-order valence-electron chi connectivity index (χ1n) is 5.72. The standard InChI is InChI=1S/C13H19FN2O/c1-8(2)11(7-15)13(17)16-10-4-5-12(14)9(3)6-10/h4-6,8,11H,7,15H2,1-3H3,(H,16,17). The molecule has 0 aliphatic carbocycles. The molecule has 0 aliphatic rings. The summed E-state index contributed by atoms with van der Waals surface area (Å²) in [5.74, 6) is -0.433. The van der Waals surface area contributed by atoms with Crippen molar-refractivity contribution in [2.45, 2.75) is 20.8 Å². The zero-order valence-corrected chi connectivity index (χ0v) is 10.5. The van der Waals surface area contributed by atoms with Gasteiger partial charge in [-0.15, -0.1) is 0 Å². The van der Waals surface area contributed by atoms with Crippen LogP contribution < -0.4 is 11.1 Å². The molecule has 3 N–H and O–H groups in total. The fourth-order valence-corrected chi connectivity index (χ4v) is 1.64. The number of anilines is 1. The summed E-state index contributed by atoms with van der Waals surface area (Å²) < 4.78 is 13.1. The number of nitrogens with two attached hydrogens (primary N) is 1. The van der Waals surface area contributed by atoms with Gasteiger partial charge in [0.15, 0.2) is 0 Å². The molecule has 3 nitrogen and oxygen atoms in total. The Bertz CT molecular complexity index is 404. The van der Waals surface area contributed by atoms with E-state index in [-0.39, 0.29) is 23.6 Å². The number of benzene rings is 1. The highest BCUT2D eigenvalue weighted by Crippen LogP contribution is 2.16. The zero-order chi connectivity index (χ0) is 13.0. The third-order valence-electron chi connectivity index (χ3n) is 2.82. The van der Waals surface area contributed by atoms with Crippen molar-refractivity contribution < 1.29 is 9.18 Å². The van der Waals surface area contributed by atoms with E-state index < -0.39 is 0 Å². The molecule has 0 heterocycles. The van der Waals surface area contributed by atoms with E-state index in [2.05, 4.69) is 5.32 Å². The quantitative estimate of drug-likeness (QED) is 0.845. The molecule has 1 atom stereocenters. The minimum Gasteiger partial charge on any atom is -0.330 e. The maximum Gasteiger partial charge on any atom is 0.229 e. The minimum absolute atomic E-state index is 0.117. The predicted octanol–water partition coefficient (Wildman–Crippen LogP) is 2.30. The van der Waals surface area contributed by atoms with Gasteiger partial charge in [0.25, 0.3) is 0 Å². The highest BCUT2D eigenvalue weighted by atomic mass is 19.1. The van der Waals surface area contributed by atoms with Gasteiger partial charge in [0.05, 0.1) is 5.92 Å². The van der Waals surface area contributed by atoms with E-state index in [0.29, 0.717) is 17.8 Å². The Morgan fingerprint density at radius 2 is 2.12 bits per heavy atom. The molecule has 0 spiro atoms. The summed E-state index contributed by atoms with van der Waals surface area (Å²) >= 11 is 0. The summed E-state index contributed by atoms with van der Waals surface area (Å²) in [6, 6.07) is 4.51. The summed E-state index contributed by atoms with van der Waals surface area (Å²) in [4.78, 5) is 11.9. The third-order valence-corrected chi connectivity index (χ3v) is 2.82. The van der Waals surface area contributed by atoms with Crippen LogP contribution in [0.4, 0.5) is 10.1 Å². The second-order valence-corrected chi connectivity index (χ2v) is 4.54. The summed E-state index contributed by atoms with van der Waals surface area (Å²) in [6.45, 7) is 5.87. The van der Waals surface area contributed by atoms with Crippen molar-refractivity contribution >= 4 is 11.6 Å². The van der Waals surface area contributed by atoms with Crippen molar-refractivity contribution in [1.82, 2.24) is 0 Å². The molecule has 0 aromatic heterocycles. The molecule has 17 heavy (non-hydrogen) atoms. The van der Waals surface area contributed by atoms with E-state index in [1.807, 2.05) is 13.8 Å². The maximum absolute atomic E-state index is 13.1. The molecule has 1 aromatic carbocycles. The number of amides is 1. The molecule has 4 heteroatoms. The van der Waals surface area contributed by atoms with Crippen molar-refractivity contribution in [3.63, 3.8) is 0 Å². The lowest BCUT2D eigenvalue weighted by Crippen LogP contribution is -2.33. The second-order valence-electron chi connectivity index (χ2n) is 4.54. The van der Waals surface area contributed by atoms with Crippen LogP contribution in [0.5, 0.6) is 0 Å². The highest BCUT2D eigenvalue weighted by Gasteiger charge is 2.20. The van der Waals surface area contributed by atoms with Crippen LogP contribution in [0.15, 0.2) is 18.2 Å². The van der Waals surface area contributed by atoms with Crippen LogP contribution in [0.25, 0.3) is 0 Å². The van der Waals surface area contributed by atoms with Crippen LogP contribution in [0.2, 0.25) is 0 Å². The molecule has 0 saturated heterocycles. The Morgan fingerprint density at radius 3 is 2.59 bits per heavy atom. The summed E-state index contributed by atoms with van der Waals surface area (Å²) in [5.41, 5.74) is 6.68. The Kier molecular flexibility index (Phi) is 4.63. The Hall–Kier alpha value is -1.42. The van der Waals surface area contributed by atoms with Crippen molar-refractivity contribution in [3.8, 4) is 0 Å². The van der Waals surface area contributed by atoms with E-state index in [9.17, 15) is 9.18 Å². The monoisotopic (exact) mass is 238 g/mol. The number of aryl methyl sites for hydroxylation is 1. The number of hydrogen-bond acceptors (Lipinski definition) is 2. The molecule has 0 fully saturated rings. The van der Waals surface area contributed by atoms with Gasteiger partial charge in [-0.1, -0.05) is 13.8 Å². The average Bonchev–Trinajstić information content (AvgIpc) is 2.24. The fourth-order valence-electron chi connectivity index (χ4n) is 1.64. The molecule has 1 amide bonds. The smallest absolute Gasteiger partial charge is 0.229 e. The Morgan fingerprint density at radius 1 is 1.47 bits per heavy atom. The molecule has 94 valence electrons. The average molecular weight is 238 g/mol. The largest absolute Gasteiger partial charge is 0.330 e. The SMILES string of the molecule is Cc1cc(NC(=O)C(CN)C(C)C)ccc1F. The summed E-state index contributed by atoms with van der Waals surface area (Å²) in [6.07, 6.45) is 0. The number of carbonyl (C=O) groups is 1. The molecule has 0 aliphatic heterocycles. The number of nitrogens with one attached hydrogen (secondary N) is 1. The third kappa shape index (κ3) is 3.53. The van der Waals surface area contributed by atoms with Crippen LogP contribution in [-0.2, 0) is 4.79 Å². The van der Waals surface area contributed by atoms with Crippen molar-refractivity contribution in [2.24, 2.45) is 17.6 Å². The normalized spacial score (nSPS) is 12.6. The Balaban J connectivity index is 2.77. The van der Waals surface area contributed by atoms with Crippen molar-refractivity contribution in [1.29, 1.82) is 0 Å². The first-order valence-corrected chi connectivity index (χ1v) is 5.72. The van der Waals surface area contributed by atoms with Crippen LogP contribution in [0.3, 0.4) is 0 Å².